The molecule has 0 amide bonds. The summed E-state index contributed by atoms with van der Waals surface area (Å²) in [5, 5.41) is 0.881. The molecule has 0 saturated carbocycles. The first-order chi connectivity index (χ1) is 10.5. The summed E-state index contributed by atoms with van der Waals surface area (Å²) in [6.45, 7) is 4.24. The van der Waals surface area contributed by atoms with Crippen LogP contribution in [0.25, 0.3) is 10.9 Å². The van der Waals surface area contributed by atoms with E-state index in [0.717, 1.165) is 10.9 Å². The molecule has 0 radical (unpaired) electrons. The molecular formula is C15H16N4O2S. The number of hydrogen-bond donors (Lipinski definition) is 1. The molecule has 0 bridgehead atoms. The first kappa shape index (κ1) is 14.5. The molecule has 0 aliphatic rings. The van der Waals surface area contributed by atoms with Gasteiger partial charge in [0, 0.05) is 30.5 Å². The van der Waals surface area contributed by atoms with Crippen molar-refractivity contribution >= 4 is 26.6 Å². The summed E-state index contributed by atoms with van der Waals surface area (Å²) in [5.41, 5.74) is 1.92. The van der Waals surface area contributed by atoms with Crippen molar-refractivity contribution in [1.29, 1.82) is 0 Å². The normalized spacial score (nSPS) is 11.7. The molecular weight excluding hydrogens is 300 g/mol. The van der Waals surface area contributed by atoms with Crippen LogP contribution in [0.5, 0.6) is 0 Å². The molecule has 114 valence electrons. The highest BCUT2D eigenvalue weighted by atomic mass is 32.2. The highest BCUT2D eigenvalue weighted by molar-refractivity contribution is 7.92. The van der Waals surface area contributed by atoms with E-state index < -0.39 is 10.0 Å². The zero-order chi connectivity index (χ0) is 15.7. The number of anilines is 1. The van der Waals surface area contributed by atoms with Gasteiger partial charge in [-0.2, -0.15) is 8.42 Å². The van der Waals surface area contributed by atoms with Crippen LogP contribution in [0.2, 0.25) is 0 Å². The number of sulfonamides is 1. The van der Waals surface area contributed by atoms with Crippen LogP contribution in [0.4, 0.5) is 5.69 Å². The van der Waals surface area contributed by atoms with Gasteiger partial charge < -0.3 is 4.57 Å². The molecule has 0 atom stereocenters. The van der Waals surface area contributed by atoms with Gasteiger partial charge in [-0.1, -0.05) is 18.2 Å². The quantitative estimate of drug-likeness (QED) is 0.802. The predicted molar refractivity (Wildman–Crippen MR) is 85.2 cm³/mol. The van der Waals surface area contributed by atoms with E-state index in [1.165, 1.54) is 6.20 Å². The summed E-state index contributed by atoms with van der Waals surface area (Å²) < 4.78 is 29.4. The fourth-order valence-electron chi connectivity index (χ4n) is 2.33. The molecule has 0 spiro atoms. The Labute approximate surface area is 128 Å². The van der Waals surface area contributed by atoms with Crippen LogP contribution in [0.15, 0.2) is 48.0 Å². The van der Waals surface area contributed by atoms with E-state index in [1.54, 1.807) is 17.0 Å². The monoisotopic (exact) mass is 316 g/mol. The topological polar surface area (TPSA) is 76.9 Å². The molecule has 0 aliphatic carbocycles. The van der Waals surface area contributed by atoms with E-state index in [0.29, 0.717) is 17.7 Å². The van der Waals surface area contributed by atoms with E-state index in [9.17, 15) is 8.42 Å². The third kappa shape index (κ3) is 2.43. The van der Waals surface area contributed by atoms with Gasteiger partial charge >= 0.3 is 0 Å². The molecule has 3 aromatic rings. The number of aromatic nitrogens is 3. The smallest absolute Gasteiger partial charge is 0.295 e. The first-order valence-corrected chi connectivity index (χ1v) is 8.39. The first-order valence-electron chi connectivity index (χ1n) is 6.91. The lowest BCUT2D eigenvalue weighted by molar-refractivity contribution is 0.574. The molecule has 1 N–H and O–H groups in total. The number of hydrogen-bond acceptors (Lipinski definition) is 4. The fourth-order valence-corrected chi connectivity index (χ4v) is 3.65. The van der Waals surface area contributed by atoms with Gasteiger partial charge in [0.05, 0.1) is 11.2 Å². The number of nitrogens with zero attached hydrogens (tertiary/aromatic N) is 3. The van der Waals surface area contributed by atoms with Gasteiger partial charge in [-0.25, -0.2) is 4.98 Å². The number of pyridine rings is 1. The van der Waals surface area contributed by atoms with E-state index in [-0.39, 0.29) is 5.16 Å². The number of nitrogens with one attached hydrogen (secondary N) is 1. The summed E-state index contributed by atoms with van der Waals surface area (Å²) in [4.78, 5) is 8.25. The van der Waals surface area contributed by atoms with Crippen LogP contribution in [-0.4, -0.2) is 23.0 Å². The van der Waals surface area contributed by atoms with Crippen LogP contribution < -0.4 is 4.72 Å². The molecule has 3 rings (SSSR count). The standard InChI is InChI=1S/C15H16N4O2S/c1-3-19-10-9-17-15(19)22(20,21)18-13-11(2)6-7-12-5-4-8-16-14(12)13/h4-10,18H,3H2,1-2H3. The Morgan fingerprint density at radius 3 is 2.77 bits per heavy atom. The molecule has 2 aromatic heterocycles. The number of benzene rings is 1. The highest BCUT2D eigenvalue weighted by Crippen LogP contribution is 2.27. The fraction of sp³-hybridized carbons (Fsp3) is 0.200. The zero-order valence-corrected chi connectivity index (χ0v) is 13.1. The molecule has 0 saturated heterocycles. The van der Waals surface area contributed by atoms with E-state index in [4.69, 9.17) is 0 Å². The zero-order valence-electron chi connectivity index (χ0n) is 12.3. The maximum Gasteiger partial charge on any atom is 0.295 e. The van der Waals surface area contributed by atoms with Crippen LogP contribution in [0.3, 0.4) is 0 Å². The summed E-state index contributed by atoms with van der Waals surface area (Å²) in [6, 6.07) is 7.50. The van der Waals surface area contributed by atoms with Crippen molar-refractivity contribution in [3.05, 3.63) is 48.4 Å². The van der Waals surface area contributed by atoms with Gasteiger partial charge in [0.1, 0.15) is 0 Å². The van der Waals surface area contributed by atoms with Crippen molar-refractivity contribution in [3.8, 4) is 0 Å². The van der Waals surface area contributed by atoms with Crippen LogP contribution >= 0.6 is 0 Å². The second-order valence-corrected chi connectivity index (χ2v) is 6.51. The molecule has 0 fully saturated rings. The maximum absolute atomic E-state index is 12.6. The maximum atomic E-state index is 12.6. The van der Waals surface area contributed by atoms with Gasteiger partial charge in [-0.05, 0) is 25.5 Å². The molecule has 22 heavy (non-hydrogen) atoms. The third-order valence-corrected chi connectivity index (χ3v) is 4.77. The van der Waals surface area contributed by atoms with Crippen molar-refractivity contribution in [3.63, 3.8) is 0 Å². The van der Waals surface area contributed by atoms with Crippen molar-refractivity contribution in [2.45, 2.75) is 25.5 Å². The third-order valence-electron chi connectivity index (χ3n) is 3.48. The van der Waals surface area contributed by atoms with Crippen LogP contribution in [0.1, 0.15) is 12.5 Å². The molecule has 6 nitrogen and oxygen atoms in total. The minimum absolute atomic E-state index is 0.00216. The predicted octanol–water partition coefficient (Wildman–Crippen LogP) is 2.56. The second-order valence-electron chi connectivity index (χ2n) is 4.93. The lowest BCUT2D eigenvalue weighted by atomic mass is 10.1. The van der Waals surface area contributed by atoms with Crippen molar-refractivity contribution in [1.82, 2.24) is 14.5 Å². The summed E-state index contributed by atoms with van der Waals surface area (Å²) in [5.74, 6) is 0. The Hall–Kier alpha value is -2.41. The van der Waals surface area contributed by atoms with Gasteiger partial charge in [-0.15, -0.1) is 0 Å². The average Bonchev–Trinajstić information content (AvgIpc) is 3.00. The Morgan fingerprint density at radius 1 is 1.18 bits per heavy atom. The van der Waals surface area contributed by atoms with E-state index >= 15 is 0 Å². The van der Waals surface area contributed by atoms with Gasteiger partial charge in [0.25, 0.3) is 10.0 Å². The Balaban J connectivity index is 2.12. The molecule has 7 heteroatoms. The number of fused-ring (bicyclic) bond motifs is 1. The average molecular weight is 316 g/mol. The van der Waals surface area contributed by atoms with Gasteiger partial charge in [0.2, 0.25) is 5.16 Å². The van der Waals surface area contributed by atoms with E-state index in [2.05, 4.69) is 14.7 Å². The Morgan fingerprint density at radius 2 is 2.00 bits per heavy atom. The number of rotatable bonds is 4. The second kappa shape index (κ2) is 5.42. The lowest BCUT2D eigenvalue weighted by Gasteiger charge is -2.13. The van der Waals surface area contributed by atoms with Crippen LogP contribution in [-0.2, 0) is 16.6 Å². The summed E-state index contributed by atoms with van der Waals surface area (Å²) in [7, 11) is -3.76. The summed E-state index contributed by atoms with van der Waals surface area (Å²) in [6.07, 6.45) is 4.77. The molecule has 0 unspecified atom stereocenters. The molecule has 1 aromatic carbocycles. The SMILES string of the molecule is CCn1ccnc1S(=O)(=O)Nc1c(C)ccc2cccnc12. The Bertz CT molecular complexity index is 932. The number of imidazole rings is 1. The minimum Gasteiger partial charge on any atom is -0.321 e. The van der Waals surface area contributed by atoms with Gasteiger partial charge in [-0.3, -0.25) is 9.71 Å². The van der Waals surface area contributed by atoms with Crippen molar-refractivity contribution in [2.24, 2.45) is 0 Å². The molecule has 0 aliphatic heterocycles. The Kier molecular flexibility index (Phi) is 3.58. The van der Waals surface area contributed by atoms with Crippen molar-refractivity contribution in [2.75, 3.05) is 4.72 Å². The van der Waals surface area contributed by atoms with Gasteiger partial charge in [0.15, 0.2) is 0 Å². The number of aryl methyl sites for hydroxylation is 2. The highest BCUT2D eigenvalue weighted by Gasteiger charge is 2.22. The molecule has 2 heterocycles. The summed E-state index contributed by atoms with van der Waals surface area (Å²) >= 11 is 0. The lowest BCUT2D eigenvalue weighted by Crippen LogP contribution is -2.19. The van der Waals surface area contributed by atoms with Crippen LogP contribution in [0, 0.1) is 6.92 Å². The minimum atomic E-state index is -3.76. The largest absolute Gasteiger partial charge is 0.321 e. The van der Waals surface area contributed by atoms with E-state index in [1.807, 2.05) is 38.1 Å². The van der Waals surface area contributed by atoms with Crippen molar-refractivity contribution < 1.29 is 8.42 Å².